The molecule has 0 bridgehead atoms. The third-order valence-electron chi connectivity index (χ3n) is 7.57. The maximum Gasteiger partial charge on any atom is 0.169 e. The van der Waals surface area contributed by atoms with E-state index < -0.39 is 6.10 Å². The molecule has 1 heterocycles. The van der Waals surface area contributed by atoms with Crippen LogP contribution < -0.4 is 11.1 Å². The molecule has 0 aliphatic heterocycles. The highest BCUT2D eigenvalue weighted by molar-refractivity contribution is 6.10. The molecule has 3 N–H and O–H groups in total. The summed E-state index contributed by atoms with van der Waals surface area (Å²) in [5, 5.41) is 4.70. The van der Waals surface area contributed by atoms with Crippen LogP contribution >= 0.6 is 0 Å². The molecule has 2 fully saturated rings. The lowest BCUT2D eigenvalue weighted by Crippen LogP contribution is -2.33. The molecule has 3 aliphatic carbocycles. The maximum absolute atomic E-state index is 13.2. The van der Waals surface area contributed by atoms with E-state index in [-0.39, 0.29) is 29.4 Å². The van der Waals surface area contributed by atoms with Gasteiger partial charge in [0.05, 0.1) is 16.8 Å². The third kappa shape index (κ3) is 4.34. The number of hydrogen-bond acceptors (Lipinski definition) is 6. The van der Waals surface area contributed by atoms with Crippen molar-refractivity contribution < 1.29 is 14.3 Å². The van der Waals surface area contributed by atoms with Crippen LogP contribution in [0.25, 0.3) is 16.5 Å². The fourth-order valence-electron chi connectivity index (χ4n) is 5.42. The second-order valence-electron chi connectivity index (χ2n) is 9.95. The van der Waals surface area contributed by atoms with Gasteiger partial charge in [0, 0.05) is 49.0 Å². The summed E-state index contributed by atoms with van der Waals surface area (Å²) >= 11 is 0. The number of anilines is 1. The Balaban J connectivity index is 1.57. The molecule has 6 heteroatoms. The van der Waals surface area contributed by atoms with E-state index in [2.05, 4.69) is 22.4 Å². The Kier molecular flexibility index (Phi) is 6.06. The average Bonchev–Trinajstić information content (AvgIpc) is 3.66. The molecule has 174 valence electrons. The van der Waals surface area contributed by atoms with Gasteiger partial charge in [-0.1, -0.05) is 19.1 Å². The van der Waals surface area contributed by atoms with E-state index >= 15 is 0 Å². The monoisotopic (exact) mass is 447 g/mol. The highest BCUT2D eigenvalue weighted by Gasteiger charge is 2.34. The van der Waals surface area contributed by atoms with E-state index in [1.165, 1.54) is 0 Å². The molecular weight excluding hydrogens is 414 g/mol. The normalized spacial score (nSPS) is 28.0. The van der Waals surface area contributed by atoms with Crippen molar-refractivity contribution in [3.63, 3.8) is 0 Å². The van der Waals surface area contributed by atoms with Gasteiger partial charge < -0.3 is 15.8 Å². The molecule has 2 unspecified atom stereocenters. The van der Waals surface area contributed by atoms with Gasteiger partial charge in [0.15, 0.2) is 11.6 Å². The van der Waals surface area contributed by atoms with Crippen LogP contribution in [0.4, 0.5) is 5.69 Å². The van der Waals surface area contributed by atoms with Crippen LogP contribution in [0.3, 0.4) is 0 Å². The highest BCUT2D eigenvalue weighted by Crippen LogP contribution is 2.39. The molecule has 5 rings (SSSR count). The van der Waals surface area contributed by atoms with Crippen molar-refractivity contribution in [2.24, 2.45) is 17.6 Å². The van der Waals surface area contributed by atoms with Gasteiger partial charge in [0.1, 0.15) is 6.10 Å². The summed E-state index contributed by atoms with van der Waals surface area (Å²) in [4.78, 5) is 30.1. The van der Waals surface area contributed by atoms with Gasteiger partial charge in [-0.25, -0.2) is 0 Å². The highest BCUT2D eigenvalue weighted by atomic mass is 16.5. The minimum atomic E-state index is -0.425. The zero-order valence-corrected chi connectivity index (χ0v) is 19.5. The maximum atomic E-state index is 13.2. The number of nitrogens with two attached hydrogens (primary N) is 1. The summed E-state index contributed by atoms with van der Waals surface area (Å²) in [5.74, 6) is 0.406. The topological polar surface area (TPSA) is 94.3 Å². The molecule has 1 aromatic heterocycles. The van der Waals surface area contributed by atoms with E-state index in [0.29, 0.717) is 18.0 Å². The Labute approximate surface area is 195 Å². The Morgan fingerprint density at radius 1 is 1.15 bits per heavy atom. The Morgan fingerprint density at radius 2 is 1.91 bits per heavy atom. The number of methoxy groups -OCH3 is 1. The van der Waals surface area contributed by atoms with Gasteiger partial charge in [-0.3, -0.25) is 14.6 Å². The Hall–Kier alpha value is -2.57. The smallest absolute Gasteiger partial charge is 0.169 e. The van der Waals surface area contributed by atoms with Crippen molar-refractivity contribution in [1.82, 2.24) is 4.98 Å². The molecule has 0 saturated heterocycles. The van der Waals surface area contributed by atoms with Crippen molar-refractivity contribution in [3.8, 4) is 0 Å². The van der Waals surface area contributed by atoms with Crippen LogP contribution in [0, 0.1) is 11.8 Å². The molecule has 0 radical (unpaired) electrons. The SMILES string of the molecule is COC1C(=O)CC=C(c2ccc3ncc(C(=O)C4CC4)c(NC4CCC(N)CC4)c3c2)C1C. The quantitative estimate of drug-likeness (QED) is 0.633. The van der Waals surface area contributed by atoms with E-state index in [1.807, 2.05) is 19.1 Å². The minimum Gasteiger partial charge on any atom is -0.381 e. The number of hydrogen-bond donors (Lipinski definition) is 2. The molecule has 2 aromatic rings. The predicted octanol–water partition coefficient (Wildman–Crippen LogP) is 4.52. The number of fused-ring (bicyclic) bond motifs is 1. The summed E-state index contributed by atoms with van der Waals surface area (Å²) in [6.45, 7) is 2.04. The lowest BCUT2D eigenvalue weighted by atomic mass is 9.81. The number of pyridine rings is 1. The number of ketones is 2. The van der Waals surface area contributed by atoms with Crippen LogP contribution in [0.5, 0.6) is 0 Å². The summed E-state index contributed by atoms with van der Waals surface area (Å²) in [5.41, 5.74) is 10.8. The van der Waals surface area contributed by atoms with Crippen molar-refractivity contribution >= 4 is 33.7 Å². The summed E-state index contributed by atoms with van der Waals surface area (Å²) in [6.07, 6.45) is 9.64. The third-order valence-corrected chi connectivity index (χ3v) is 7.57. The lowest BCUT2D eigenvalue weighted by molar-refractivity contribution is -0.130. The number of carbonyl (C=O) groups excluding carboxylic acids is 2. The molecule has 1 aromatic carbocycles. The van der Waals surface area contributed by atoms with E-state index in [9.17, 15) is 9.59 Å². The van der Waals surface area contributed by atoms with Crippen molar-refractivity contribution in [1.29, 1.82) is 0 Å². The van der Waals surface area contributed by atoms with Crippen LogP contribution in [-0.2, 0) is 9.53 Å². The summed E-state index contributed by atoms with van der Waals surface area (Å²) in [7, 11) is 1.60. The first-order valence-electron chi connectivity index (χ1n) is 12.2. The van der Waals surface area contributed by atoms with Crippen molar-refractivity contribution in [2.75, 3.05) is 12.4 Å². The van der Waals surface area contributed by atoms with E-state index in [4.69, 9.17) is 10.5 Å². The molecule has 3 aliphatic rings. The summed E-state index contributed by atoms with van der Waals surface area (Å²) < 4.78 is 5.50. The summed E-state index contributed by atoms with van der Waals surface area (Å²) in [6, 6.07) is 6.78. The number of benzene rings is 1. The second-order valence-corrected chi connectivity index (χ2v) is 9.95. The van der Waals surface area contributed by atoms with Gasteiger partial charge in [0.2, 0.25) is 0 Å². The van der Waals surface area contributed by atoms with E-state index in [1.54, 1.807) is 13.3 Å². The van der Waals surface area contributed by atoms with Crippen LogP contribution in [0.15, 0.2) is 30.5 Å². The zero-order chi connectivity index (χ0) is 23.1. The molecule has 33 heavy (non-hydrogen) atoms. The number of ether oxygens (including phenoxy) is 1. The fourth-order valence-corrected chi connectivity index (χ4v) is 5.42. The predicted molar refractivity (Wildman–Crippen MR) is 130 cm³/mol. The van der Waals surface area contributed by atoms with Crippen LogP contribution in [0.1, 0.15) is 67.8 Å². The standard InChI is InChI=1S/C27H33N3O3/c1-15-20(10-12-24(31)27(15)33-2)17-5-11-23-21(13-17)25(30-19-8-6-18(28)7-9-19)22(14-29-23)26(32)16-3-4-16/h5,10-11,13-16,18-19,27H,3-4,6-9,12,28H2,1-2H3,(H,29,30). The number of nitrogens with zero attached hydrogens (tertiary/aromatic N) is 1. The first-order valence-corrected chi connectivity index (χ1v) is 12.2. The Bertz CT molecular complexity index is 1110. The fraction of sp³-hybridized carbons (Fsp3) is 0.519. The number of rotatable bonds is 6. The molecule has 0 spiro atoms. The number of aromatic nitrogens is 1. The first kappa shape index (κ1) is 22.2. The molecule has 0 amide bonds. The van der Waals surface area contributed by atoms with Crippen molar-refractivity contribution in [3.05, 3.63) is 41.6 Å². The lowest BCUT2D eigenvalue weighted by Gasteiger charge is -2.30. The second kappa shape index (κ2) is 8.99. The van der Waals surface area contributed by atoms with Crippen molar-refractivity contribution in [2.45, 2.75) is 70.1 Å². The van der Waals surface area contributed by atoms with Crippen LogP contribution in [-0.4, -0.2) is 41.8 Å². The van der Waals surface area contributed by atoms with E-state index in [0.717, 1.165) is 66.3 Å². The van der Waals surface area contributed by atoms with Gasteiger partial charge in [0.25, 0.3) is 0 Å². The van der Waals surface area contributed by atoms with Gasteiger partial charge in [-0.05, 0) is 61.8 Å². The number of Topliss-reactive ketones (excluding diaryl/α,β-unsaturated/α-hetero) is 2. The van der Waals surface area contributed by atoms with Crippen LogP contribution in [0.2, 0.25) is 0 Å². The Morgan fingerprint density at radius 3 is 2.61 bits per heavy atom. The molecule has 6 nitrogen and oxygen atoms in total. The molecule has 2 saturated carbocycles. The van der Waals surface area contributed by atoms with Gasteiger partial charge >= 0.3 is 0 Å². The first-order chi connectivity index (χ1) is 16.0. The minimum absolute atomic E-state index is 0.0332. The largest absolute Gasteiger partial charge is 0.381 e. The number of allylic oxidation sites excluding steroid dienone is 1. The van der Waals surface area contributed by atoms with Gasteiger partial charge in [-0.15, -0.1) is 0 Å². The molecular formula is C27H33N3O3. The molecule has 2 atom stereocenters. The van der Waals surface area contributed by atoms with Gasteiger partial charge in [-0.2, -0.15) is 0 Å². The zero-order valence-electron chi connectivity index (χ0n) is 19.5. The average molecular weight is 448 g/mol. The number of carbonyl (C=O) groups is 2. The number of nitrogens with one attached hydrogen (secondary N) is 1.